The minimum absolute atomic E-state index is 0.0387. The van der Waals surface area contributed by atoms with E-state index in [2.05, 4.69) is 10.6 Å². The summed E-state index contributed by atoms with van der Waals surface area (Å²) in [6.45, 7) is 1.97. The van der Waals surface area contributed by atoms with Crippen LogP contribution in [-0.4, -0.2) is 56.0 Å². The Hall–Kier alpha value is -4.33. The first-order valence-electron chi connectivity index (χ1n) is 12.8. The van der Waals surface area contributed by atoms with Crippen LogP contribution in [0.5, 0.6) is 11.5 Å². The molecule has 0 spiro atoms. The zero-order chi connectivity index (χ0) is 26.8. The Morgan fingerprint density at radius 1 is 0.921 bits per heavy atom. The van der Waals surface area contributed by atoms with Crippen LogP contribution in [0.4, 0.5) is 4.79 Å². The normalized spacial score (nSPS) is 16.6. The number of hydrogen-bond donors (Lipinski definition) is 2. The summed E-state index contributed by atoms with van der Waals surface area (Å²) in [5.41, 5.74) is 6.00. The highest BCUT2D eigenvalue weighted by Gasteiger charge is 2.28. The second-order valence-electron chi connectivity index (χ2n) is 9.67. The molecule has 1 fully saturated rings. The molecule has 3 aromatic rings. The van der Waals surface area contributed by atoms with Gasteiger partial charge in [0.1, 0.15) is 0 Å². The van der Waals surface area contributed by atoms with E-state index in [-0.39, 0.29) is 18.0 Å². The number of nitrogens with zero attached hydrogens (tertiary/aromatic N) is 2. The fraction of sp³-hybridized carbons (Fsp3) is 0.300. The van der Waals surface area contributed by atoms with Crippen LogP contribution >= 0.6 is 0 Å². The van der Waals surface area contributed by atoms with Crippen LogP contribution in [0.3, 0.4) is 0 Å². The zero-order valence-corrected chi connectivity index (χ0v) is 22.1. The molecule has 1 aliphatic carbocycles. The van der Waals surface area contributed by atoms with Gasteiger partial charge in [-0.1, -0.05) is 36.4 Å². The molecule has 0 saturated heterocycles. The number of carbonyl (C=O) groups is 2. The molecule has 0 bridgehead atoms. The molecule has 38 heavy (non-hydrogen) atoms. The Kier molecular flexibility index (Phi) is 7.05. The quantitative estimate of drug-likeness (QED) is 0.505. The van der Waals surface area contributed by atoms with Crippen molar-refractivity contribution in [2.45, 2.75) is 38.3 Å². The molecule has 5 rings (SSSR count). The lowest BCUT2D eigenvalue weighted by Crippen LogP contribution is -2.41. The number of fused-ring (bicyclic) bond motifs is 1. The molecule has 196 valence electrons. The third kappa shape index (κ3) is 5.07. The maximum atomic E-state index is 12.7. The Morgan fingerprint density at radius 2 is 1.61 bits per heavy atom. The fourth-order valence-electron chi connectivity index (χ4n) is 4.71. The number of rotatable bonds is 6. The lowest BCUT2D eigenvalue weighted by Gasteiger charge is -2.22. The molecule has 1 unspecified atom stereocenters. The molecular formula is C30H32N4O4. The molecule has 1 heterocycles. The van der Waals surface area contributed by atoms with E-state index in [1.54, 1.807) is 21.3 Å². The Labute approximate surface area is 222 Å². The summed E-state index contributed by atoms with van der Waals surface area (Å²) >= 11 is 0. The van der Waals surface area contributed by atoms with Crippen molar-refractivity contribution in [1.82, 2.24) is 15.6 Å². The van der Waals surface area contributed by atoms with E-state index in [9.17, 15) is 9.59 Å². The van der Waals surface area contributed by atoms with E-state index in [4.69, 9.17) is 14.6 Å². The van der Waals surface area contributed by atoms with Gasteiger partial charge in [0.2, 0.25) is 0 Å². The first-order valence-corrected chi connectivity index (χ1v) is 12.8. The minimum atomic E-state index is -0.278. The highest BCUT2D eigenvalue weighted by atomic mass is 16.5. The van der Waals surface area contributed by atoms with Crippen molar-refractivity contribution in [3.05, 3.63) is 82.9 Å². The van der Waals surface area contributed by atoms with Gasteiger partial charge >= 0.3 is 6.03 Å². The molecular weight excluding hydrogens is 480 g/mol. The molecule has 2 N–H and O–H groups in total. The molecule has 8 heteroatoms. The van der Waals surface area contributed by atoms with Gasteiger partial charge < -0.3 is 20.1 Å². The fourth-order valence-corrected chi connectivity index (χ4v) is 4.71. The maximum Gasteiger partial charge on any atom is 0.337 e. The molecule has 2 aliphatic rings. The smallest absolute Gasteiger partial charge is 0.337 e. The largest absolute Gasteiger partial charge is 0.493 e. The maximum absolute atomic E-state index is 12.7. The molecule has 1 saturated carbocycles. The highest BCUT2D eigenvalue weighted by Crippen LogP contribution is 2.35. The number of benzene rings is 3. The van der Waals surface area contributed by atoms with Crippen LogP contribution in [0, 0.1) is 0 Å². The van der Waals surface area contributed by atoms with Gasteiger partial charge in [-0.05, 0) is 67.1 Å². The minimum Gasteiger partial charge on any atom is -0.493 e. The number of ether oxygens (including phenoxy) is 2. The number of hydrazone groups is 1. The van der Waals surface area contributed by atoms with Gasteiger partial charge in [-0.15, -0.1) is 0 Å². The van der Waals surface area contributed by atoms with E-state index in [1.165, 1.54) is 5.01 Å². The number of carbonyl (C=O) groups excluding carboxylic acids is 2. The van der Waals surface area contributed by atoms with Crippen LogP contribution in [-0.2, 0) is 6.42 Å². The second kappa shape index (κ2) is 10.6. The molecule has 3 aromatic carbocycles. The van der Waals surface area contributed by atoms with Crippen molar-refractivity contribution < 1.29 is 19.1 Å². The predicted molar refractivity (Wildman–Crippen MR) is 147 cm³/mol. The van der Waals surface area contributed by atoms with Gasteiger partial charge in [0.05, 0.1) is 26.0 Å². The van der Waals surface area contributed by atoms with Crippen LogP contribution in [0.2, 0.25) is 0 Å². The van der Waals surface area contributed by atoms with E-state index in [0.717, 1.165) is 40.7 Å². The van der Waals surface area contributed by atoms with Crippen LogP contribution in [0.25, 0.3) is 11.1 Å². The van der Waals surface area contributed by atoms with Gasteiger partial charge in [-0.3, -0.25) is 4.79 Å². The number of hydrogen-bond acceptors (Lipinski definition) is 5. The first-order chi connectivity index (χ1) is 18.4. The number of methoxy groups -OCH3 is 2. The average molecular weight is 513 g/mol. The van der Waals surface area contributed by atoms with Crippen molar-refractivity contribution in [3.8, 4) is 22.6 Å². The zero-order valence-electron chi connectivity index (χ0n) is 22.1. The molecule has 0 radical (unpaired) electrons. The number of amides is 3. The van der Waals surface area contributed by atoms with E-state index in [0.29, 0.717) is 35.2 Å². The summed E-state index contributed by atoms with van der Waals surface area (Å²) in [7, 11) is 4.81. The van der Waals surface area contributed by atoms with Gasteiger partial charge in [0.25, 0.3) is 5.91 Å². The third-order valence-corrected chi connectivity index (χ3v) is 6.96. The van der Waals surface area contributed by atoms with Crippen molar-refractivity contribution in [1.29, 1.82) is 0 Å². The topological polar surface area (TPSA) is 92.3 Å². The summed E-state index contributed by atoms with van der Waals surface area (Å²) in [5.74, 6) is 1.19. The van der Waals surface area contributed by atoms with Crippen LogP contribution < -0.4 is 20.1 Å². The number of urea groups is 1. The van der Waals surface area contributed by atoms with Gasteiger partial charge in [-0.25, -0.2) is 9.80 Å². The molecule has 8 nitrogen and oxygen atoms in total. The van der Waals surface area contributed by atoms with E-state index >= 15 is 0 Å². The summed E-state index contributed by atoms with van der Waals surface area (Å²) < 4.78 is 11.1. The van der Waals surface area contributed by atoms with Gasteiger partial charge in [0.15, 0.2) is 11.5 Å². The Balaban J connectivity index is 1.54. The molecule has 1 aliphatic heterocycles. The van der Waals surface area contributed by atoms with Crippen molar-refractivity contribution >= 4 is 17.6 Å². The third-order valence-electron chi connectivity index (χ3n) is 6.96. The lowest BCUT2D eigenvalue weighted by atomic mass is 9.93. The predicted octanol–water partition coefficient (Wildman–Crippen LogP) is 4.60. The summed E-state index contributed by atoms with van der Waals surface area (Å²) in [4.78, 5) is 25.3. The Morgan fingerprint density at radius 3 is 2.26 bits per heavy atom. The summed E-state index contributed by atoms with van der Waals surface area (Å²) in [5, 5.41) is 12.1. The second-order valence-corrected chi connectivity index (χ2v) is 9.67. The van der Waals surface area contributed by atoms with Crippen LogP contribution in [0.15, 0.2) is 65.8 Å². The average Bonchev–Trinajstić information content (AvgIpc) is 3.78. The Bertz CT molecular complexity index is 1400. The van der Waals surface area contributed by atoms with Crippen molar-refractivity contribution in [2.75, 3.05) is 21.3 Å². The van der Waals surface area contributed by atoms with E-state index in [1.807, 2.05) is 67.6 Å². The first kappa shape index (κ1) is 25.3. The van der Waals surface area contributed by atoms with Gasteiger partial charge in [-0.2, -0.15) is 5.10 Å². The number of nitrogens with one attached hydrogen (secondary N) is 2. The van der Waals surface area contributed by atoms with Gasteiger partial charge in [0, 0.05) is 29.8 Å². The highest BCUT2D eigenvalue weighted by molar-refractivity contribution is 6.14. The summed E-state index contributed by atoms with van der Waals surface area (Å²) in [6.07, 6.45) is 2.70. The van der Waals surface area contributed by atoms with Crippen molar-refractivity contribution in [2.24, 2.45) is 5.10 Å². The summed E-state index contributed by atoms with van der Waals surface area (Å²) in [6, 6.07) is 19.4. The van der Waals surface area contributed by atoms with Crippen LogP contribution in [0.1, 0.15) is 46.8 Å². The lowest BCUT2D eigenvalue weighted by molar-refractivity contribution is 0.0951. The molecule has 1 atom stereocenters. The standard InChI is InChI=1S/C30H32N4O4/c1-18-14-23-16-26(37-3)27(38-4)17-25(23)28(33-34(18)30(36)31-2)20-10-8-19(9-11-20)21-6-5-7-22(15-21)29(35)32-24-12-13-24/h5-11,15-18,24H,12-14H2,1-4H3,(H,31,36)(H,32,35). The SMILES string of the molecule is CNC(=O)N1N=C(c2ccc(-c3cccc(C(=O)NC4CC4)c3)cc2)c2cc(OC)c(OC)cc2CC1C. The molecule has 3 amide bonds. The van der Waals surface area contributed by atoms with Crippen molar-refractivity contribution in [3.63, 3.8) is 0 Å². The van der Waals surface area contributed by atoms with E-state index < -0.39 is 0 Å². The monoisotopic (exact) mass is 512 g/mol. The molecule has 0 aromatic heterocycles.